The minimum absolute atomic E-state index is 0. The number of aromatic nitrogens is 1. The van der Waals surface area contributed by atoms with E-state index in [1.54, 1.807) is 6.07 Å². The van der Waals surface area contributed by atoms with E-state index in [1.165, 1.54) is 6.20 Å². The maximum Gasteiger partial charge on any atom is 0.337 e. The van der Waals surface area contributed by atoms with Gasteiger partial charge in [0.2, 0.25) is 0 Å². The first-order valence-corrected chi connectivity index (χ1v) is 3.85. The molecule has 0 spiro atoms. The van der Waals surface area contributed by atoms with Gasteiger partial charge in [-0.15, -0.1) is 0 Å². The van der Waals surface area contributed by atoms with Gasteiger partial charge in [0.15, 0.2) is 0 Å². The number of nitrogens with zero attached hydrogens (tertiary/aromatic N) is 1. The molecule has 14 heavy (non-hydrogen) atoms. The second kappa shape index (κ2) is 4.02. The molecule has 0 radical (unpaired) electrons. The zero-order valence-electron chi connectivity index (χ0n) is 6.77. The molecule has 1 aromatic carbocycles. The number of carboxylic acids is 1. The molecular weight excluding hydrogens is 194 g/mol. The van der Waals surface area contributed by atoms with Crippen LogP contribution in [0.3, 0.4) is 0 Å². The summed E-state index contributed by atoms with van der Waals surface area (Å²) in [5.74, 6) is -0.946. The van der Waals surface area contributed by atoms with Crippen molar-refractivity contribution in [2.75, 3.05) is 0 Å². The summed E-state index contributed by atoms with van der Waals surface area (Å²) in [6.07, 6.45) is 1.37. The number of carboxylic acid groups (broad SMARTS) is 1. The highest BCUT2D eigenvalue weighted by atomic mass is 28.1. The van der Waals surface area contributed by atoms with Gasteiger partial charge in [-0.3, -0.25) is 4.98 Å². The van der Waals surface area contributed by atoms with Crippen LogP contribution < -0.4 is 0 Å². The lowest BCUT2D eigenvalue weighted by molar-refractivity contribution is 0.0696. The van der Waals surface area contributed by atoms with E-state index < -0.39 is 5.97 Å². The minimum Gasteiger partial charge on any atom is -0.478 e. The van der Waals surface area contributed by atoms with Crippen LogP contribution in [0, 0.1) is 0 Å². The first-order chi connectivity index (χ1) is 6.27. The van der Waals surface area contributed by atoms with Crippen molar-refractivity contribution in [2.24, 2.45) is 0 Å². The van der Waals surface area contributed by atoms with Gasteiger partial charge >= 0.3 is 5.97 Å². The van der Waals surface area contributed by atoms with Crippen LogP contribution in [0.15, 0.2) is 36.5 Å². The van der Waals surface area contributed by atoms with Crippen LogP contribution in [0.5, 0.6) is 0 Å². The Balaban J connectivity index is 0.000000980. The quantitative estimate of drug-likeness (QED) is 0.689. The van der Waals surface area contributed by atoms with Crippen molar-refractivity contribution in [3.63, 3.8) is 0 Å². The van der Waals surface area contributed by atoms with Gasteiger partial charge in [-0.2, -0.15) is 0 Å². The summed E-state index contributed by atoms with van der Waals surface area (Å²) in [5.41, 5.74) is 1.03. The zero-order valence-corrected chi connectivity index (χ0v) is 6.77. The summed E-state index contributed by atoms with van der Waals surface area (Å²) in [5, 5.41) is 9.55. The van der Waals surface area contributed by atoms with Crippen molar-refractivity contribution < 1.29 is 9.90 Å². The number of hydrogen-bond acceptors (Lipinski definition) is 2. The number of pyridine rings is 1. The van der Waals surface area contributed by atoms with E-state index in [0.29, 0.717) is 0 Å². The summed E-state index contributed by atoms with van der Waals surface area (Å²) in [7, 11) is 0. The Hall–Kier alpha value is -1.68. The molecule has 0 amide bonds. The molecule has 0 aliphatic carbocycles. The number of hydrogen-bond donors (Lipinski definition) is 1. The summed E-state index contributed by atoms with van der Waals surface area (Å²) in [6.45, 7) is 0. The van der Waals surface area contributed by atoms with Gasteiger partial charge < -0.3 is 5.11 Å². The van der Waals surface area contributed by atoms with Gasteiger partial charge in [0, 0.05) is 11.6 Å². The SMILES string of the molecule is O=C(O)c1cnc2ccccc2c1.[SiH4]. The maximum absolute atomic E-state index is 10.6. The number of benzene rings is 1. The molecule has 0 saturated carbocycles. The molecule has 1 aromatic heterocycles. The maximum atomic E-state index is 10.6. The standard InChI is InChI=1S/C10H7NO2.H4Si/c12-10(13)8-5-7-3-1-2-4-9(7)11-6-8;/h1-6H,(H,12,13);1H4. The molecule has 2 rings (SSSR count). The van der Waals surface area contributed by atoms with Crippen molar-refractivity contribution in [2.45, 2.75) is 0 Å². The highest BCUT2D eigenvalue weighted by Crippen LogP contribution is 2.12. The van der Waals surface area contributed by atoms with Crippen LogP contribution in [-0.4, -0.2) is 27.0 Å². The average molecular weight is 205 g/mol. The number of fused-ring (bicyclic) bond motifs is 1. The third-order valence-corrected chi connectivity index (χ3v) is 1.84. The second-order valence-electron chi connectivity index (χ2n) is 2.72. The number of para-hydroxylation sites is 1. The van der Waals surface area contributed by atoms with Crippen molar-refractivity contribution in [1.29, 1.82) is 0 Å². The van der Waals surface area contributed by atoms with Crippen molar-refractivity contribution in [1.82, 2.24) is 4.98 Å². The van der Waals surface area contributed by atoms with Gasteiger partial charge in [0.25, 0.3) is 0 Å². The summed E-state index contributed by atoms with van der Waals surface area (Å²) in [6, 6.07) is 9.03. The number of carbonyl (C=O) groups is 1. The first-order valence-electron chi connectivity index (χ1n) is 3.85. The molecule has 72 valence electrons. The molecule has 1 heterocycles. The van der Waals surface area contributed by atoms with Gasteiger partial charge in [-0.1, -0.05) is 18.2 Å². The molecule has 1 N–H and O–H groups in total. The predicted octanol–water partition coefficient (Wildman–Crippen LogP) is 0.481. The third-order valence-electron chi connectivity index (χ3n) is 1.84. The Kier molecular flexibility index (Phi) is 2.98. The largest absolute Gasteiger partial charge is 0.478 e. The van der Waals surface area contributed by atoms with Crippen LogP contribution in [0.1, 0.15) is 10.4 Å². The van der Waals surface area contributed by atoms with E-state index in [2.05, 4.69) is 4.98 Å². The summed E-state index contributed by atoms with van der Waals surface area (Å²) >= 11 is 0. The van der Waals surface area contributed by atoms with Crippen LogP contribution >= 0.6 is 0 Å². The Labute approximate surface area is 85.4 Å². The van der Waals surface area contributed by atoms with E-state index in [0.717, 1.165) is 10.9 Å². The fourth-order valence-electron chi connectivity index (χ4n) is 1.19. The van der Waals surface area contributed by atoms with E-state index in [4.69, 9.17) is 5.11 Å². The molecule has 2 aromatic rings. The lowest BCUT2D eigenvalue weighted by Gasteiger charge is -1.97. The molecule has 4 heteroatoms. The molecule has 3 nitrogen and oxygen atoms in total. The Bertz CT molecular complexity index is 470. The number of rotatable bonds is 1. The normalized spacial score (nSPS) is 9.43. The summed E-state index contributed by atoms with van der Waals surface area (Å²) in [4.78, 5) is 14.6. The lowest BCUT2D eigenvalue weighted by atomic mass is 10.2. The lowest BCUT2D eigenvalue weighted by Crippen LogP contribution is -1.96. The Morgan fingerprint density at radius 1 is 1.29 bits per heavy atom. The number of aromatic carboxylic acids is 1. The van der Waals surface area contributed by atoms with Gasteiger partial charge in [-0.05, 0) is 23.1 Å². The smallest absolute Gasteiger partial charge is 0.337 e. The monoisotopic (exact) mass is 205 g/mol. The van der Waals surface area contributed by atoms with Gasteiger partial charge in [-0.25, -0.2) is 4.79 Å². The molecule has 0 saturated heterocycles. The van der Waals surface area contributed by atoms with Crippen LogP contribution in [0.2, 0.25) is 0 Å². The average Bonchev–Trinajstić information content (AvgIpc) is 2.17. The molecular formula is C10H11NO2Si. The van der Waals surface area contributed by atoms with E-state index >= 15 is 0 Å². The summed E-state index contributed by atoms with van der Waals surface area (Å²) < 4.78 is 0. The topological polar surface area (TPSA) is 50.2 Å². The highest BCUT2D eigenvalue weighted by molar-refractivity contribution is 5.92. The molecule has 0 fully saturated rings. The molecule has 0 aliphatic heterocycles. The molecule has 0 bridgehead atoms. The van der Waals surface area contributed by atoms with Crippen LogP contribution in [-0.2, 0) is 0 Å². The van der Waals surface area contributed by atoms with Crippen molar-refractivity contribution in [3.8, 4) is 0 Å². The second-order valence-corrected chi connectivity index (χ2v) is 2.72. The third kappa shape index (κ3) is 1.80. The molecule has 0 atom stereocenters. The van der Waals surface area contributed by atoms with Crippen molar-refractivity contribution in [3.05, 3.63) is 42.1 Å². The molecule has 0 unspecified atom stereocenters. The highest BCUT2D eigenvalue weighted by Gasteiger charge is 2.03. The Morgan fingerprint density at radius 3 is 2.71 bits per heavy atom. The van der Waals surface area contributed by atoms with Crippen LogP contribution in [0.25, 0.3) is 10.9 Å². The zero-order chi connectivity index (χ0) is 9.26. The Morgan fingerprint density at radius 2 is 2.00 bits per heavy atom. The van der Waals surface area contributed by atoms with Crippen molar-refractivity contribution >= 4 is 27.8 Å². The van der Waals surface area contributed by atoms with E-state index in [1.807, 2.05) is 24.3 Å². The minimum atomic E-state index is -0.946. The molecule has 0 aliphatic rings. The fourth-order valence-corrected chi connectivity index (χ4v) is 1.19. The fraction of sp³-hybridized carbons (Fsp3) is 0. The van der Waals surface area contributed by atoms with Crippen LogP contribution in [0.4, 0.5) is 0 Å². The van der Waals surface area contributed by atoms with E-state index in [9.17, 15) is 4.79 Å². The van der Waals surface area contributed by atoms with Gasteiger partial charge in [0.1, 0.15) is 0 Å². The predicted molar refractivity (Wildman–Crippen MR) is 60.0 cm³/mol. The van der Waals surface area contributed by atoms with E-state index in [-0.39, 0.29) is 16.5 Å². The van der Waals surface area contributed by atoms with Gasteiger partial charge in [0.05, 0.1) is 11.1 Å². The first kappa shape index (κ1) is 10.4.